The van der Waals surface area contributed by atoms with Gasteiger partial charge in [0.15, 0.2) is 0 Å². The molecule has 0 fully saturated rings. The Morgan fingerprint density at radius 2 is 1.95 bits per heavy atom. The maximum absolute atomic E-state index is 10.9. The van der Waals surface area contributed by atoms with Crippen molar-refractivity contribution in [3.8, 4) is 11.5 Å². The number of rotatable bonds is 4. The number of aryl methyl sites for hydroxylation is 1. The lowest BCUT2D eigenvalue weighted by molar-refractivity contribution is -0.385. The average molecular weight is 278 g/mol. The Morgan fingerprint density at radius 1 is 1.21 bits per heavy atom. The maximum atomic E-state index is 10.9. The SMILES string of the molecule is Cc1ccc(CCl)cc1Oc1ccccc1[N+](=O)[O-]. The highest BCUT2D eigenvalue weighted by Crippen LogP contribution is 2.33. The Balaban J connectivity index is 2.38. The molecule has 4 nitrogen and oxygen atoms in total. The van der Waals surface area contributed by atoms with E-state index >= 15 is 0 Å². The molecule has 0 atom stereocenters. The molecule has 0 N–H and O–H groups in total. The van der Waals surface area contributed by atoms with Crippen LogP contribution in [0.5, 0.6) is 11.5 Å². The predicted octanol–water partition coefficient (Wildman–Crippen LogP) is 4.43. The van der Waals surface area contributed by atoms with Gasteiger partial charge in [-0.3, -0.25) is 10.1 Å². The van der Waals surface area contributed by atoms with Crippen molar-refractivity contribution in [2.45, 2.75) is 12.8 Å². The number of para-hydroxylation sites is 2. The minimum Gasteiger partial charge on any atom is -0.450 e. The zero-order valence-electron chi connectivity index (χ0n) is 10.3. The predicted molar refractivity (Wildman–Crippen MR) is 73.9 cm³/mol. The summed E-state index contributed by atoms with van der Waals surface area (Å²) in [5, 5.41) is 10.9. The molecule has 0 saturated carbocycles. The number of hydrogen-bond acceptors (Lipinski definition) is 3. The van der Waals surface area contributed by atoms with Crippen LogP contribution in [-0.4, -0.2) is 4.92 Å². The van der Waals surface area contributed by atoms with E-state index in [9.17, 15) is 10.1 Å². The molecule has 0 aliphatic rings. The molecule has 0 radical (unpaired) electrons. The zero-order chi connectivity index (χ0) is 13.8. The van der Waals surface area contributed by atoms with Gasteiger partial charge in [-0.05, 0) is 30.2 Å². The molecule has 2 aromatic rings. The number of halogens is 1. The highest BCUT2D eigenvalue weighted by molar-refractivity contribution is 6.17. The van der Waals surface area contributed by atoms with Crippen LogP contribution < -0.4 is 4.74 Å². The van der Waals surface area contributed by atoms with Gasteiger partial charge >= 0.3 is 5.69 Å². The normalized spacial score (nSPS) is 10.2. The third-order valence-corrected chi connectivity index (χ3v) is 3.00. The van der Waals surface area contributed by atoms with Crippen molar-refractivity contribution in [3.63, 3.8) is 0 Å². The monoisotopic (exact) mass is 277 g/mol. The van der Waals surface area contributed by atoms with Crippen LogP contribution in [0.4, 0.5) is 5.69 Å². The molecule has 19 heavy (non-hydrogen) atoms. The molecule has 0 spiro atoms. The van der Waals surface area contributed by atoms with Gasteiger partial charge in [-0.25, -0.2) is 0 Å². The first-order valence-electron chi connectivity index (χ1n) is 5.68. The van der Waals surface area contributed by atoms with E-state index in [2.05, 4.69) is 0 Å². The average Bonchev–Trinajstić information content (AvgIpc) is 2.41. The molecule has 0 aliphatic carbocycles. The summed E-state index contributed by atoms with van der Waals surface area (Å²) in [6, 6.07) is 11.9. The molecule has 0 amide bonds. The van der Waals surface area contributed by atoms with Crippen LogP contribution >= 0.6 is 11.6 Å². The van der Waals surface area contributed by atoms with Gasteiger partial charge in [-0.2, -0.15) is 0 Å². The lowest BCUT2D eigenvalue weighted by Gasteiger charge is -2.10. The van der Waals surface area contributed by atoms with E-state index in [1.54, 1.807) is 24.3 Å². The lowest BCUT2D eigenvalue weighted by Crippen LogP contribution is -1.94. The molecule has 0 heterocycles. The molecular weight excluding hydrogens is 266 g/mol. The molecule has 0 unspecified atom stereocenters. The number of ether oxygens (including phenoxy) is 1. The van der Waals surface area contributed by atoms with Crippen LogP contribution in [0.1, 0.15) is 11.1 Å². The summed E-state index contributed by atoms with van der Waals surface area (Å²) in [4.78, 5) is 10.5. The van der Waals surface area contributed by atoms with Crippen molar-refractivity contribution in [3.05, 3.63) is 63.7 Å². The number of benzene rings is 2. The molecule has 0 saturated heterocycles. The molecule has 2 aromatic carbocycles. The van der Waals surface area contributed by atoms with Gasteiger partial charge in [0, 0.05) is 11.9 Å². The van der Waals surface area contributed by atoms with Gasteiger partial charge in [-0.1, -0.05) is 24.3 Å². The summed E-state index contributed by atoms with van der Waals surface area (Å²) < 4.78 is 5.64. The van der Waals surface area contributed by atoms with Crippen LogP contribution in [-0.2, 0) is 5.88 Å². The summed E-state index contributed by atoms with van der Waals surface area (Å²) in [5.41, 5.74) is 1.74. The second-order valence-electron chi connectivity index (χ2n) is 4.06. The van der Waals surface area contributed by atoms with E-state index in [0.717, 1.165) is 11.1 Å². The third-order valence-electron chi connectivity index (χ3n) is 2.69. The van der Waals surface area contributed by atoms with E-state index < -0.39 is 4.92 Å². The van der Waals surface area contributed by atoms with Crippen LogP contribution in [0, 0.1) is 17.0 Å². The van der Waals surface area contributed by atoms with Crippen LogP contribution in [0.3, 0.4) is 0 Å². The second kappa shape index (κ2) is 5.71. The quantitative estimate of drug-likeness (QED) is 0.472. The lowest BCUT2D eigenvalue weighted by atomic mass is 10.1. The molecule has 5 heteroatoms. The number of nitro groups is 1. The van der Waals surface area contributed by atoms with Crippen LogP contribution in [0.25, 0.3) is 0 Å². The third kappa shape index (κ3) is 3.03. The van der Waals surface area contributed by atoms with Crippen molar-refractivity contribution in [2.24, 2.45) is 0 Å². The Bertz CT molecular complexity index is 613. The molecular formula is C14H12ClNO3. The fourth-order valence-electron chi connectivity index (χ4n) is 1.65. The van der Waals surface area contributed by atoms with E-state index in [1.165, 1.54) is 6.07 Å². The number of hydrogen-bond donors (Lipinski definition) is 0. The van der Waals surface area contributed by atoms with Crippen molar-refractivity contribution >= 4 is 17.3 Å². The Labute approximate surface area is 115 Å². The molecule has 2 rings (SSSR count). The van der Waals surface area contributed by atoms with E-state index in [-0.39, 0.29) is 11.4 Å². The summed E-state index contributed by atoms with van der Waals surface area (Å²) in [5.74, 6) is 1.17. The summed E-state index contributed by atoms with van der Waals surface area (Å²) in [6.45, 7) is 1.88. The van der Waals surface area contributed by atoms with Crippen LogP contribution in [0.15, 0.2) is 42.5 Å². The molecule has 0 aliphatic heterocycles. The van der Waals surface area contributed by atoms with Gasteiger partial charge in [-0.15, -0.1) is 11.6 Å². The number of nitrogens with zero attached hydrogens (tertiary/aromatic N) is 1. The highest BCUT2D eigenvalue weighted by Gasteiger charge is 2.15. The smallest absolute Gasteiger partial charge is 0.311 e. The molecule has 0 bridgehead atoms. The second-order valence-corrected chi connectivity index (χ2v) is 4.33. The van der Waals surface area contributed by atoms with E-state index in [1.807, 2.05) is 19.1 Å². The minimum atomic E-state index is -0.462. The van der Waals surface area contributed by atoms with Gasteiger partial charge in [0.1, 0.15) is 5.75 Å². The largest absolute Gasteiger partial charge is 0.450 e. The standard InChI is InChI=1S/C14H12ClNO3/c1-10-6-7-11(9-15)8-14(10)19-13-5-3-2-4-12(13)16(17)18/h2-8H,9H2,1H3. The van der Waals surface area contributed by atoms with Gasteiger partial charge < -0.3 is 4.74 Å². The fraction of sp³-hybridized carbons (Fsp3) is 0.143. The topological polar surface area (TPSA) is 52.4 Å². The van der Waals surface area contributed by atoms with Gasteiger partial charge in [0.2, 0.25) is 5.75 Å². The van der Waals surface area contributed by atoms with Crippen molar-refractivity contribution in [1.29, 1.82) is 0 Å². The van der Waals surface area contributed by atoms with E-state index in [4.69, 9.17) is 16.3 Å². The first-order valence-corrected chi connectivity index (χ1v) is 6.22. The first-order chi connectivity index (χ1) is 9.11. The van der Waals surface area contributed by atoms with Crippen molar-refractivity contribution in [1.82, 2.24) is 0 Å². The van der Waals surface area contributed by atoms with Crippen molar-refractivity contribution < 1.29 is 9.66 Å². The Morgan fingerprint density at radius 3 is 2.63 bits per heavy atom. The molecule has 0 aromatic heterocycles. The zero-order valence-corrected chi connectivity index (χ0v) is 11.1. The van der Waals surface area contributed by atoms with Crippen LogP contribution in [0.2, 0.25) is 0 Å². The Hall–Kier alpha value is -2.07. The number of nitro benzene ring substituents is 1. The molecule has 98 valence electrons. The fourth-order valence-corrected chi connectivity index (χ4v) is 1.82. The van der Waals surface area contributed by atoms with Gasteiger partial charge in [0.05, 0.1) is 4.92 Å². The Kier molecular flexibility index (Phi) is 4.02. The summed E-state index contributed by atoms with van der Waals surface area (Å²) in [6.07, 6.45) is 0. The maximum Gasteiger partial charge on any atom is 0.311 e. The number of alkyl halides is 1. The first kappa shape index (κ1) is 13.4. The minimum absolute atomic E-state index is 0.0572. The highest BCUT2D eigenvalue weighted by atomic mass is 35.5. The van der Waals surface area contributed by atoms with Crippen molar-refractivity contribution in [2.75, 3.05) is 0 Å². The summed E-state index contributed by atoms with van der Waals surface area (Å²) >= 11 is 5.77. The summed E-state index contributed by atoms with van der Waals surface area (Å²) in [7, 11) is 0. The van der Waals surface area contributed by atoms with E-state index in [0.29, 0.717) is 11.6 Å². The van der Waals surface area contributed by atoms with Gasteiger partial charge in [0.25, 0.3) is 0 Å².